The van der Waals surface area contributed by atoms with Gasteiger partial charge in [0.1, 0.15) is 97.2 Å². The summed E-state index contributed by atoms with van der Waals surface area (Å²) >= 11 is 1.45. The Morgan fingerprint density at radius 3 is 1.74 bits per heavy atom. The summed E-state index contributed by atoms with van der Waals surface area (Å²) in [6.07, 6.45) is -8.09. The van der Waals surface area contributed by atoms with Crippen molar-refractivity contribution in [2.45, 2.75) is 320 Å². The first-order valence-corrected chi connectivity index (χ1v) is 49.3. The van der Waals surface area contributed by atoms with Crippen LogP contribution in [0.5, 0.6) is 5.75 Å². The number of fused-ring (bicyclic) bond motifs is 5. The molecule has 3 heterocycles. The van der Waals surface area contributed by atoms with E-state index >= 15 is 28.8 Å². The van der Waals surface area contributed by atoms with Gasteiger partial charge in [0, 0.05) is 57.9 Å². The van der Waals surface area contributed by atoms with Gasteiger partial charge in [0.05, 0.1) is 30.5 Å². The van der Waals surface area contributed by atoms with Crippen LogP contribution in [0.15, 0.2) is 72.8 Å². The standard InChI is InChI=1S/C96H149N15O23S/c1-14-54(8)46-55(9)27-21-19-17-18-20-22-32-74(119)101-69-48-73(118)84(97-41-42-99-96(133)134-50-66-64-30-25-23-28-62(64)63-29-24-26-31-65(63)66)109-93(130)81-72(117)38-43-110(81)95(132)79(107-92(129)80(83(121)82(120)59-33-35-60(114)36-34-59)108-88(125)70-47-61(115)49-111(70)94(131)78(58(12)113)106-87(69)124)71(116)37-40-98-85(122)68(45-52(4)5)102-90(127)76(56(10)15-2)105-89(126)75(53(6)7)103-91(128)77(57(11)16-3)104-86(123)67(100-51-112)39-44-135-13/h23-26,28-31,33-36,51-58,61,66-73,75-84,97,113-118,120-121H,14-22,27,32,37-50H2,1-13H3,(H,98,122)(H,99,133)(H,100,112)(H,101,119)(H,102,127)(H,103,128)(H,104,123)(H,105,126)(H,106,124)(H,107,129)(H,108,125)(H,109,130)/t54-,55+,56?,57?,58+,61+,67-,68-,69-,70-,71+,72-,73+,75-,76-,77-,78-,79-,80-,81-,82-,83-,84-/m0/s1. The number of aliphatic hydroxyl groups is 7. The molecule has 14 amide bonds. The lowest BCUT2D eigenvalue weighted by atomic mass is 9.91. The molecule has 21 N–H and O–H groups in total. The second-order valence-electron chi connectivity index (χ2n) is 37.5. The van der Waals surface area contributed by atoms with Crippen molar-refractivity contribution in [1.82, 2.24) is 78.9 Å². The maximum Gasteiger partial charge on any atom is 0.407 e. The number of benzene rings is 3. The van der Waals surface area contributed by atoms with E-state index in [4.69, 9.17) is 4.74 Å². The second-order valence-corrected chi connectivity index (χ2v) is 38.5. The fourth-order valence-electron chi connectivity index (χ4n) is 17.6. The molecule has 4 aliphatic rings. The number of thioether (sulfide) groups is 1. The van der Waals surface area contributed by atoms with Gasteiger partial charge < -0.3 is 119 Å². The summed E-state index contributed by atoms with van der Waals surface area (Å²) in [5.41, 5.74) is 3.66. The van der Waals surface area contributed by atoms with E-state index < -0.39 is 249 Å². The Morgan fingerprint density at radius 1 is 0.563 bits per heavy atom. The molecule has 0 bridgehead atoms. The van der Waals surface area contributed by atoms with Crippen LogP contribution in [0.1, 0.15) is 227 Å². The fourth-order valence-corrected chi connectivity index (χ4v) is 18.1. The minimum Gasteiger partial charge on any atom is -0.508 e. The average molecular weight is 1910 g/mol. The first-order chi connectivity index (χ1) is 64.2. The summed E-state index contributed by atoms with van der Waals surface area (Å²) in [5.74, 6) is -13.2. The Bertz CT molecular complexity index is 4360. The number of phenols is 1. The molecule has 1 aliphatic carbocycles. The molecule has 3 saturated heterocycles. The highest BCUT2D eigenvalue weighted by Crippen LogP contribution is 2.45. The van der Waals surface area contributed by atoms with Crippen molar-refractivity contribution in [3.05, 3.63) is 89.5 Å². The van der Waals surface area contributed by atoms with Gasteiger partial charge in [-0.25, -0.2) is 4.79 Å². The number of nitrogens with one attached hydrogen (secondary N) is 13. The zero-order valence-corrected chi connectivity index (χ0v) is 81.0. The number of carbonyl (C=O) groups excluding carboxylic acids is 14. The number of unbranched alkanes of at least 4 members (excludes halogenated alkanes) is 5. The molecule has 752 valence electrons. The Morgan fingerprint density at radius 2 is 1.14 bits per heavy atom. The second kappa shape index (κ2) is 55.3. The van der Waals surface area contributed by atoms with Gasteiger partial charge in [-0.15, -0.1) is 0 Å². The van der Waals surface area contributed by atoms with E-state index in [0.717, 1.165) is 108 Å². The van der Waals surface area contributed by atoms with E-state index in [1.54, 1.807) is 48.5 Å². The van der Waals surface area contributed by atoms with Crippen molar-refractivity contribution in [2.24, 2.45) is 35.5 Å². The topological polar surface area (TPSA) is 573 Å². The summed E-state index contributed by atoms with van der Waals surface area (Å²) in [6, 6.07) is 1.28. The third-order valence-electron chi connectivity index (χ3n) is 26.1. The van der Waals surface area contributed by atoms with Gasteiger partial charge in [0.2, 0.25) is 77.3 Å². The third kappa shape index (κ3) is 32.8. The number of alkyl carbamates (subject to hydrolysis) is 1. The van der Waals surface area contributed by atoms with E-state index in [0.29, 0.717) is 49.7 Å². The zero-order valence-electron chi connectivity index (χ0n) is 80.2. The van der Waals surface area contributed by atoms with Crippen LogP contribution >= 0.6 is 11.8 Å². The van der Waals surface area contributed by atoms with Crippen LogP contribution in [-0.2, 0) is 67.1 Å². The first-order valence-electron chi connectivity index (χ1n) is 47.9. The smallest absolute Gasteiger partial charge is 0.407 e. The molecular weight excluding hydrogens is 1760 g/mol. The molecule has 135 heavy (non-hydrogen) atoms. The number of amides is 14. The molecule has 0 radical (unpaired) electrons. The Balaban J connectivity index is 1.22. The highest BCUT2D eigenvalue weighted by molar-refractivity contribution is 7.98. The lowest BCUT2D eigenvalue weighted by Crippen LogP contribution is -2.65. The van der Waals surface area contributed by atoms with Crippen LogP contribution in [0.2, 0.25) is 0 Å². The summed E-state index contributed by atoms with van der Waals surface area (Å²) in [5, 5.41) is 129. The number of hydrogen-bond donors (Lipinski definition) is 21. The maximum absolute atomic E-state index is 15.8. The van der Waals surface area contributed by atoms with Crippen LogP contribution in [-0.4, -0.2) is 295 Å². The molecule has 38 nitrogen and oxygen atoms in total. The Hall–Kier alpha value is -10.1. The highest BCUT2D eigenvalue weighted by atomic mass is 32.2. The van der Waals surface area contributed by atoms with Crippen LogP contribution in [0.25, 0.3) is 11.1 Å². The van der Waals surface area contributed by atoms with Crippen LogP contribution in [0.3, 0.4) is 0 Å². The summed E-state index contributed by atoms with van der Waals surface area (Å²) in [4.78, 5) is 205. The van der Waals surface area contributed by atoms with Crippen molar-refractivity contribution in [2.75, 3.05) is 51.3 Å². The number of aliphatic hydroxyl groups excluding tert-OH is 7. The van der Waals surface area contributed by atoms with Gasteiger partial charge in [0.15, 0.2) is 0 Å². The summed E-state index contributed by atoms with van der Waals surface area (Å²) < 4.78 is 5.78. The number of hydrogen-bond acceptors (Lipinski definition) is 25. The van der Waals surface area contributed by atoms with E-state index in [9.17, 15) is 79.2 Å². The Kier molecular flexibility index (Phi) is 45.8. The van der Waals surface area contributed by atoms with Crippen LogP contribution in [0.4, 0.5) is 4.79 Å². The quantitative estimate of drug-likeness (QED) is 0.0284. The fraction of sp³-hybridized carbons (Fsp3) is 0.667. The van der Waals surface area contributed by atoms with Crippen molar-refractivity contribution in [3.8, 4) is 16.9 Å². The molecule has 23 atom stereocenters. The van der Waals surface area contributed by atoms with E-state index in [-0.39, 0.29) is 68.5 Å². The molecular formula is C96H149N15O23S. The van der Waals surface area contributed by atoms with Crippen molar-refractivity contribution in [1.29, 1.82) is 0 Å². The molecule has 2 unspecified atom stereocenters. The molecule has 3 aromatic carbocycles. The number of nitrogens with zero attached hydrogens (tertiary/aromatic N) is 2. The molecule has 0 saturated carbocycles. The van der Waals surface area contributed by atoms with E-state index in [2.05, 4.69) is 89.9 Å². The number of rotatable bonds is 48. The molecule has 0 aromatic heterocycles. The minimum atomic E-state index is -2.48. The van der Waals surface area contributed by atoms with Crippen molar-refractivity contribution in [3.63, 3.8) is 0 Å². The lowest BCUT2D eigenvalue weighted by Gasteiger charge is -2.35. The molecule has 3 aromatic rings. The Labute approximate surface area is 796 Å². The van der Waals surface area contributed by atoms with Gasteiger partial charge in [-0.2, -0.15) is 11.8 Å². The van der Waals surface area contributed by atoms with E-state index in [1.807, 2.05) is 61.7 Å². The summed E-state index contributed by atoms with van der Waals surface area (Å²) in [6.45, 7) is 19.1. The van der Waals surface area contributed by atoms with Gasteiger partial charge in [0.25, 0.3) is 0 Å². The maximum atomic E-state index is 15.8. The monoisotopic (exact) mass is 1910 g/mol. The zero-order chi connectivity index (χ0) is 99.6. The number of phenolic OH excluding ortho intramolecular Hbond substituents is 1. The van der Waals surface area contributed by atoms with Gasteiger partial charge >= 0.3 is 6.09 Å². The molecule has 0 spiro atoms. The number of ether oxygens (including phenoxy) is 1. The minimum absolute atomic E-state index is 0.0397. The molecule has 39 heteroatoms. The van der Waals surface area contributed by atoms with Crippen molar-refractivity contribution < 1.29 is 113 Å². The number of carbonyl (C=O) groups is 14. The third-order valence-corrected chi connectivity index (χ3v) is 26.8. The van der Waals surface area contributed by atoms with Gasteiger partial charge in [-0.1, -0.05) is 195 Å². The van der Waals surface area contributed by atoms with Crippen LogP contribution < -0.4 is 69.1 Å². The number of aromatic hydroxyl groups is 1. The van der Waals surface area contributed by atoms with Gasteiger partial charge in [-0.3, -0.25) is 67.6 Å². The molecule has 3 aliphatic heterocycles. The van der Waals surface area contributed by atoms with Crippen LogP contribution in [0, 0.1) is 35.5 Å². The van der Waals surface area contributed by atoms with E-state index in [1.165, 1.54) is 11.8 Å². The summed E-state index contributed by atoms with van der Waals surface area (Å²) in [7, 11) is 0. The average Bonchev–Trinajstić information content (AvgIpc) is 1.61. The SMILES string of the molecule is CCC(C)[C@H](NC(=O)[C@H](CCSC)NC=O)C(=O)N[C@H](C(=O)N[C@H](C(=O)N[C@@H](CC(C)C)C(=O)NCC[C@@H](O)[C@@H]1NC(=O)[C@H]([C@H](O)[C@@H](O)c2ccc(O)cc2)NC(=O)[C@@H]2C[C@@H](O)CN2C(=O)[C@H]([C@@H](C)O)NC(=O)[C@@H](NC(=O)CCCCCCCC[C@@H](C)C[C@@H](C)CC)C[C@@H](O)[C@@H](NCCNC(=O)OCC2c3ccccc3-c3ccccc32)NC(=O)[C@@H]2[C@@H](O)CCN2C1=O)C(C)CC)C(C)C. The molecule has 7 rings (SSSR count). The van der Waals surface area contributed by atoms with Crippen molar-refractivity contribution >= 4 is 95.2 Å². The highest BCUT2D eigenvalue weighted by Gasteiger charge is 2.50. The van der Waals surface area contributed by atoms with Gasteiger partial charge in [-0.05, 0) is 133 Å². The largest absolute Gasteiger partial charge is 0.508 e. The molecule has 3 fully saturated rings. The normalized spacial score (nSPS) is 23.2. The predicted octanol–water partition coefficient (Wildman–Crippen LogP) is 2.03. The lowest BCUT2D eigenvalue weighted by molar-refractivity contribution is -0.148. The first kappa shape index (κ1) is 112. The predicted molar refractivity (Wildman–Crippen MR) is 505 cm³/mol.